The largest absolute Gasteiger partial charge is 0.378 e. The zero-order chi connectivity index (χ0) is 17.6. The van der Waals surface area contributed by atoms with Crippen LogP contribution in [-0.4, -0.2) is 53.6 Å². The lowest BCUT2D eigenvalue weighted by Crippen LogP contribution is -2.40. The normalized spacial score (nSPS) is 14.6. The van der Waals surface area contributed by atoms with E-state index < -0.39 is 0 Å². The molecule has 0 aliphatic carbocycles. The lowest BCUT2D eigenvalue weighted by atomic mass is 10.2. The number of thiazole rings is 1. The van der Waals surface area contributed by atoms with Crippen LogP contribution in [0.15, 0.2) is 18.5 Å². The predicted octanol–water partition coefficient (Wildman–Crippen LogP) is 2.88. The molecule has 134 valence electrons. The fraction of sp³-hybridized carbons (Fsp3) is 0.471. The Morgan fingerprint density at radius 1 is 1.36 bits per heavy atom. The number of nitrogens with zero attached hydrogens (tertiary/aromatic N) is 3. The summed E-state index contributed by atoms with van der Waals surface area (Å²) in [7, 11) is 0. The van der Waals surface area contributed by atoms with Gasteiger partial charge in [0.05, 0.1) is 28.8 Å². The van der Waals surface area contributed by atoms with Crippen molar-refractivity contribution >= 4 is 34.7 Å². The molecule has 1 aliphatic heterocycles. The van der Waals surface area contributed by atoms with E-state index in [4.69, 9.17) is 16.3 Å². The second-order valence-electron chi connectivity index (χ2n) is 5.71. The van der Waals surface area contributed by atoms with E-state index >= 15 is 0 Å². The monoisotopic (exact) mass is 380 g/mol. The Bertz CT molecular complexity index is 731. The van der Waals surface area contributed by atoms with Gasteiger partial charge in [-0.2, -0.15) is 0 Å². The Hall–Kier alpha value is -1.70. The number of morpholine rings is 1. The van der Waals surface area contributed by atoms with Crippen LogP contribution in [0.25, 0.3) is 0 Å². The molecule has 1 saturated heterocycles. The molecule has 1 fully saturated rings. The molecule has 0 radical (unpaired) electrons. The van der Waals surface area contributed by atoms with E-state index in [0.29, 0.717) is 49.3 Å². The van der Waals surface area contributed by atoms with Gasteiger partial charge in [-0.05, 0) is 12.5 Å². The van der Waals surface area contributed by atoms with Gasteiger partial charge in [0.2, 0.25) is 0 Å². The fourth-order valence-corrected chi connectivity index (χ4v) is 3.64. The van der Waals surface area contributed by atoms with Crippen molar-refractivity contribution in [3.8, 4) is 0 Å². The van der Waals surface area contributed by atoms with Crippen LogP contribution in [0.4, 0.5) is 5.82 Å². The predicted molar refractivity (Wildman–Crippen MR) is 99.7 cm³/mol. The molecule has 0 saturated carbocycles. The summed E-state index contributed by atoms with van der Waals surface area (Å²) >= 11 is 8.02. The van der Waals surface area contributed by atoms with Crippen LogP contribution >= 0.6 is 22.9 Å². The minimum absolute atomic E-state index is 0.0564. The molecule has 0 spiro atoms. The number of amides is 1. The van der Waals surface area contributed by atoms with Crippen molar-refractivity contribution < 1.29 is 9.53 Å². The molecule has 1 amide bonds. The van der Waals surface area contributed by atoms with Gasteiger partial charge in [0.1, 0.15) is 5.82 Å². The highest BCUT2D eigenvalue weighted by Crippen LogP contribution is 2.21. The summed E-state index contributed by atoms with van der Waals surface area (Å²) in [6, 6.07) is 1.67. The van der Waals surface area contributed by atoms with Crippen LogP contribution in [0.1, 0.15) is 27.2 Å². The van der Waals surface area contributed by atoms with Crippen LogP contribution in [0.5, 0.6) is 0 Å². The van der Waals surface area contributed by atoms with Gasteiger partial charge >= 0.3 is 0 Å². The molecular formula is C17H21ClN4O2S. The number of pyridine rings is 1. The molecule has 0 atom stereocenters. The summed E-state index contributed by atoms with van der Waals surface area (Å²) < 4.78 is 5.27. The number of aromatic nitrogens is 2. The third-order valence-electron chi connectivity index (χ3n) is 3.97. The standard InChI is InChI=1S/C17H21ClN4O2S/c1-2-13-11-20-15(25-13)3-4-19-16-14(18)9-12(10-21-16)17(23)22-5-7-24-8-6-22/h9-11H,2-8H2,1H3,(H,19,21). The van der Waals surface area contributed by atoms with E-state index in [2.05, 4.69) is 22.2 Å². The SMILES string of the molecule is CCc1cnc(CCNc2ncc(C(=O)N3CCOCC3)cc2Cl)s1. The van der Waals surface area contributed by atoms with E-state index in [1.54, 1.807) is 28.5 Å². The molecule has 3 rings (SSSR count). The van der Waals surface area contributed by atoms with Crippen molar-refractivity contribution in [2.24, 2.45) is 0 Å². The molecule has 8 heteroatoms. The molecule has 2 aromatic heterocycles. The Morgan fingerprint density at radius 3 is 2.84 bits per heavy atom. The van der Waals surface area contributed by atoms with Crippen molar-refractivity contribution in [3.05, 3.63) is 38.9 Å². The highest BCUT2D eigenvalue weighted by Gasteiger charge is 2.19. The molecular weight excluding hydrogens is 360 g/mol. The first-order valence-corrected chi connectivity index (χ1v) is 9.57. The third-order valence-corrected chi connectivity index (χ3v) is 5.46. The first-order valence-electron chi connectivity index (χ1n) is 8.37. The lowest BCUT2D eigenvalue weighted by Gasteiger charge is -2.26. The summed E-state index contributed by atoms with van der Waals surface area (Å²) in [5, 5.41) is 4.76. The maximum absolute atomic E-state index is 12.4. The van der Waals surface area contributed by atoms with Gasteiger partial charge in [0.15, 0.2) is 0 Å². The van der Waals surface area contributed by atoms with Gasteiger partial charge in [-0.3, -0.25) is 4.79 Å². The zero-order valence-electron chi connectivity index (χ0n) is 14.1. The van der Waals surface area contributed by atoms with Crippen molar-refractivity contribution in [2.45, 2.75) is 19.8 Å². The summed E-state index contributed by atoms with van der Waals surface area (Å²) in [6.45, 7) is 5.17. The van der Waals surface area contributed by atoms with Gasteiger partial charge in [0, 0.05) is 43.3 Å². The molecule has 1 aliphatic rings. The number of rotatable bonds is 6. The van der Waals surface area contributed by atoms with Crippen LogP contribution in [0, 0.1) is 0 Å². The highest BCUT2D eigenvalue weighted by molar-refractivity contribution is 7.11. The van der Waals surface area contributed by atoms with Crippen LogP contribution in [0.3, 0.4) is 0 Å². The zero-order valence-corrected chi connectivity index (χ0v) is 15.7. The number of ether oxygens (including phenoxy) is 1. The van der Waals surface area contributed by atoms with Gasteiger partial charge in [0.25, 0.3) is 5.91 Å². The summed E-state index contributed by atoms with van der Waals surface area (Å²) in [4.78, 5) is 24.2. The van der Waals surface area contributed by atoms with Crippen LogP contribution in [0.2, 0.25) is 5.02 Å². The van der Waals surface area contributed by atoms with E-state index in [-0.39, 0.29) is 5.91 Å². The summed E-state index contributed by atoms with van der Waals surface area (Å²) in [5.41, 5.74) is 0.505. The highest BCUT2D eigenvalue weighted by atomic mass is 35.5. The summed E-state index contributed by atoms with van der Waals surface area (Å²) in [5.74, 6) is 0.534. The number of aryl methyl sites for hydroxylation is 1. The molecule has 6 nitrogen and oxygen atoms in total. The lowest BCUT2D eigenvalue weighted by molar-refractivity contribution is 0.0302. The fourth-order valence-electron chi connectivity index (χ4n) is 2.55. The molecule has 25 heavy (non-hydrogen) atoms. The van der Waals surface area contributed by atoms with Crippen molar-refractivity contribution in [3.63, 3.8) is 0 Å². The van der Waals surface area contributed by atoms with Crippen LogP contribution in [-0.2, 0) is 17.6 Å². The topological polar surface area (TPSA) is 67.4 Å². The maximum Gasteiger partial charge on any atom is 0.255 e. The second kappa shape index (κ2) is 8.60. The van der Waals surface area contributed by atoms with Gasteiger partial charge in [-0.15, -0.1) is 11.3 Å². The number of carbonyl (C=O) groups excluding carboxylic acids is 1. The molecule has 3 heterocycles. The molecule has 0 aromatic carbocycles. The first kappa shape index (κ1) is 18.1. The van der Waals surface area contributed by atoms with E-state index in [1.807, 2.05) is 6.20 Å². The Kier molecular flexibility index (Phi) is 6.23. The Labute approximate surface area is 156 Å². The number of anilines is 1. The molecule has 1 N–H and O–H groups in total. The molecule has 0 bridgehead atoms. The quantitative estimate of drug-likeness (QED) is 0.834. The van der Waals surface area contributed by atoms with Gasteiger partial charge < -0.3 is 15.0 Å². The van der Waals surface area contributed by atoms with E-state index in [1.165, 1.54) is 4.88 Å². The average Bonchev–Trinajstić information content (AvgIpc) is 3.11. The Balaban J connectivity index is 1.56. The van der Waals surface area contributed by atoms with Gasteiger partial charge in [-0.1, -0.05) is 18.5 Å². The van der Waals surface area contributed by atoms with Gasteiger partial charge in [-0.25, -0.2) is 9.97 Å². The summed E-state index contributed by atoms with van der Waals surface area (Å²) in [6.07, 6.45) is 5.33. The molecule has 0 unspecified atom stereocenters. The number of hydrogen-bond donors (Lipinski definition) is 1. The molecule has 2 aromatic rings. The maximum atomic E-state index is 12.4. The average molecular weight is 381 g/mol. The van der Waals surface area contributed by atoms with E-state index in [9.17, 15) is 4.79 Å². The smallest absolute Gasteiger partial charge is 0.255 e. The Morgan fingerprint density at radius 2 is 2.16 bits per heavy atom. The minimum Gasteiger partial charge on any atom is -0.378 e. The first-order chi connectivity index (χ1) is 12.2. The number of nitrogens with one attached hydrogen (secondary N) is 1. The second-order valence-corrected chi connectivity index (χ2v) is 7.32. The minimum atomic E-state index is -0.0564. The van der Waals surface area contributed by atoms with Crippen molar-refractivity contribution in [2.75, 3.05) is 38.2 Å². The van der Waals surface area contributed by atoms with E-state index in [0.717, 1.165) is 17.8 Å². The number of halogens is 1. The number of carbonyl (C=O) groups is 1. The van der Waals surface area contributed by atoms with Crippen molar-refractivity contribution in [1.29, 1.82) is 0 Å². The van der Waals surface area contributed by atoms with Crippen molar-refractivity contribution in [1.82, 2.24) is 14.9 Å². The third kappa shape index (κ3) is 4.68. The number of hydrogen-bond acceptors (Lipinski definition) is 6. The van der Waals surface area contributed by atoms with Crippen LogP contribution < -0.4 is 5.32 Å².